The maximum Gasteiger partial charge on any atom is 0.255 e. The molecule has 0 aliphatic rings. The standard InChI is InChI=1S/C19H19N5OS/c1-13-6-8-15(26-13)12-23(3)19(25)14-7-9-17-20-21-18(24(17)11-14)16-5-4-10-22(16)2/h4-11H,12H2,1-3H3. The van der Waals surface area contributed by atoms with E-state index in [1.165, 1.54) is 9.75 Å². The number of carbonyl (C=O) groups is 1. The van der Waals surface area contributed by atoms with Crippen LogP contribution < -0.4 is 0 Å². The van der Waals surface area contributed by atoms with Crippen molar-refractivity contribution in [3.8, 4) is 11.5 Å². The molecule has 0 atom stereocenters. The fourth-order valence-corrected chi connectivity index (χ4v) is 3.93. The van der Waals surface area contributed by atoms with Crippen LogP contribution in [0.3, 0.4) is 0 Å². The van der Waals surface area contributed by atoms with E-state index in [0.717, 1.165) is 11.5 Å². The van der Waals surface area contributed by atoms with Crippen molar-refractivity contribution in [2.45, 2.75) is 13.5 Å². The fourth-order valence-electron chi connectivity index (χ4n) is 2.98. The molecule has 132 valence electrons. The lowest BCUT2D eigenvalue weighted by Crippen LogP contribution is -2.26. The fraction of sp³-hybridized carbons (Fsp3) is 0.211. The zero-order valence-electron chi connectivity index (χ0n) is 14.9. The molecule has 0 N–H and O–H groups in total. The van der Waals surface area contributed by atoms with Crippen molar-refractivity contribution < 1.29 is 4.79 Å². The lowest BCUT2D eigenvalue weighted by molar-refractivity contribution is 0.0786. The Balaban J connectivity index is 1.66. The van der Waals surface area contributed by atoms with E-state index in [0.29, 0.717) is 17.8 Å². The molecule has 0 spiro atoms. The maximum atomic E-state index is 12.9. The largest absolute Gasteiger partial charge is 0.348 e. The molecular formula is C19H19N5OS. The van der Waals surface area contributed by atoms with Crippen LogP contribution in [0.2, 0.25) is 0 Å². The molecule has 0 bridgehead atoms. The van der Waals surface area contributed by atoms with E-state index in [4.69, 9.17) is 0 Å². The summed E-state index contributed by atoms with van der Waals surface area (Å²) in [5.41, 5.74) is 2.28. The lowest BCUT2D eigenvalue weighted by atomic mass is 10.2. The van der Waals surface area contributed by atoms with Gasteiger partial charge < -0.3 is 9.47 Å². The Kier molecular flexibility index (Phi) is 4.08. The van der Waals surface area contributed by atoms with Gasteiger partial charge in [-0.2, -0.15) is 0 Å². The van der Waals surface area contributed by atoms with Gasteiger partial charge in [-0.25, -0.2) is 0 Å². The van der Waals surface area contributed by atoms with Crippen LogP contribution in [0, 0.1) is 6.92 Å². The summed E-state index contributed by atoms with van der Waals surface area (Å²) in [6.45, 7) is 2.67. The van der Waals surface area contributed by atoms with Crippen molar-refractivity contribution in [2.75, 3.05) is 7.05 Å². The highest BCUT2D eigenvalue weighted by Crippen LogP contribution is 2.20. The van der Waals surface area contributed by atoms with Crippen LogP contribution in [0.1, 0.15) is 20.1 Å². The normalized spacial score (nSPS) is 11.2. The first-order valence-corrected chi connectivity index (χ1v) is 9.12. The Labute approximate surface area is 155 Å². The Morgan fingerprint density at radius 1 is 1.19 bits per heavy atom. The molecule has 0 radical (unpaired) electrons. The summed E-state index contributed by atoms with van der Waals surface area (Å²) in [5.74, 6) is 0.697. The number of amides is 1. The van der Waals surface area contributed by atoms with E-state index in [1.54, 1.807) is 22.3 Å². The number of hydrogen-bond donors (Lipinski definition) is 0. The van der Waals surface area contributed by atoms with Gasteiger partial charge in [0.05, 0.1) is 17.8 Å². The molecule has 1 amide bonds. The quantitative estimate of drug-likeness (QED) is 0.557. The third kappa shape index (κ3) is 2.90. The summed E-state index contributed by atoms with van der Waals surface area (Å²) >= 11 is 1.71. The molecule has 0 aromatic carbocycles. The number of thiophene rings is 1. The molecule has 26 heavy (non-hydrogen) atoms. The van der Waals surface area contributed by atoms with Crippen LogP contribution in [0.15, 0.2) is 48.8 Å². The summed E-state index contributed by atoms with van der Waals surface area (Å²) < 4.78 is 3.85. The van der Waals surface area contributed by atoms with Crippen molar-refractivity contribution in [2.24, 2.45) is 7.05 Å². The van der Waals surface area contributed by atoms with Crippen LogP contribution in [-0.2, 0) is 13.6 Å². The van der Waals surface area contributed by atoms with Crippen LogP contribution in [0.5, 0.6) is 0 Å². The third-order valence-corrected chi connectivity index (χ3v) is 5.34. The van der Waals surface area contributed by atoms with E-state index in [2.05, 4.69) is 29.3 Å². The SMILES string of the molecule is Cc1ccc(CN(C)C(=O)c2ccc3nnc(-c4cccn4C)n3c2)s1. The summed E-state index contributed by atoms with van der Waals surface area (Å²) in [7, 11) is 3.79. The third-order valence-electron chi connectivity index (χ3n) is 4.36. The van der Waals surface area contributed by atoms with E-state index in [9.17, 15) is 4.79 Å². The average Bonchev–Trinajstić information content (AvgIpc) is 3.33. The summed E-state index contributed by atoms with van der Waals surface area (Å²) in [4.78, 5) is 17.0. The molecule has 0 fully saturated rings. The van der Waals surface area contributed by atoms with Crippen LogP contribution in [-0.4, -0.2) is 37.0 Å². The zero-order valence-corrected chi connectivity index (χ0v) is 15.7. The van der Waals surface area contributed by atoms with E-state index >= 15 is 0 Å². The highest BCUT2D eigenvalue weighted by molar-refractivity contribution is 7.11. The van der Waals surface area contributed by atoms with Gasteiger partial charge >= 0.3 is 0 Å². The molecule has 4 rings (SSSR count). The predicted octanol–water partition coefficient (Wildman–Crippen LogP) is 3.38. The van der Waals surface area contributed by atoms with E-state index in [-0.39, 0.29) is 5.91 Å². The summed E-state index contributed by atoms with van der Waals surface area (Å²) in [6, 6.07) is 11.7. The number of hydrogen-bond acceptors (Lipinski definition) is 4. The molecule has 0 aliphatic carbocycles. The second-order valence-corrected chi connectivity index (χ2v) is 7.72. The van der Waals surface area contributed by atoms with Crippen LogP contribution >= 0.6 is 11.3 Å². The van der Waals surface area contributed by atoms with Crippen LogP contribution in [0.25, 0.3) is 17.2 Å². The van der Waals surface area contributed by atoms with Gasteiger partial charge in [0.15, 0.2) is 11.5 Å². The number of carbonyl (C=O) groups excluding carboxylic acids is 1. The highest BCUT2D eigenvalue weighted by atomic mass is 32.1. The topological polar surface area (TPSA) is 55.4 Å². The number of aromatic nitrogens is 4. The summed E-state index contributed by atoms with van der Waals surface area (Å²) in [6.07, 6.45) is 3.78. The van der Waals surface area contributed by atoms with E-state index in [1.807, 2.05) is 53.7 Å². The number of fused-ring (bicyclic) bond motifs is 1. The average molecular weight is 365 g/mol. The second kappa shape index (κ2) is 6.42. The van der Waals surface area contributed by atoms with Crippen molar-refractivity contribution in [1.82, 2.24) is 24.1 Å². The molecule has 0 unspecified atom stereocenters. The molecule has 6 nitrogen and oxygen atoms in total. The van der Waals surface area contributed by atoms with Crippen LogP contribution in [0.4, 0.5) is 0 Å². The van der Waals surface area contributed by atoms with Gasteiger partial charge in [-0.15, -0.1) is 21.5 Å². The first-order valence-electron chi connectivity index (χ1n) is 8.30. The first-order chi connectivity index (χ1) is 12.5. The van der Waals surface area contributed by atoms with Gasteiger partial charge in [0, 0.05) is 36.2 Å². The molecule has 4 aromatic rings. The minimum atomic E-state index is -0.0236. The number of rotatable bonds is 4. The van der Waals surface area contributed by atoms with Gasteiger partial charge in [0.25, 0.3) is 5.91 Å². The highest BCUT2D eigenvalue weighted by Gasteiger charge is 2.16. The predicted molar refractivity (Wildman–Crippen MR) is 102 cm³/mol. The van der Waals surface area contributed by atoms with Gasteiger partial charge in [-0.3, -0.25) is 9.20 Å². The van der Waals surface area contributed by atoms with Crippen molar-refractivity contribution in [3.05, 3.63) is 64.1 Å². The first kappa shape index (κ1) is 16.5. The Bertz CT molecular complexity index is 1090. The van der Waals surface area contributed by atoms with E-state index < -0.39 is 0 Å². The molecule has 0 saturated carbocycles. The maximum absolute atomic E-state index is 12.9. The zero-order chi connectivity index (χ0) is 18.3. The molecular weight excluding hydrogens is 346 g/mol. The Hall–Kier alpha value is -2.93. The molecule has 7 heteroatoms. The lowest BCUT2D eigenvalue weighted by Gasteiger charge is -2.16. The van der Waals surface area contributed by atoms with Gasteiger partial charge in [-0.05, 0) is 43.3 Å². The number of aryl methyl sites for hydroxylation is 2. The number of nitrogens with zero attached hydrogens (tertiary/aromatic N) is 5. The van der Waals surface area contributed by atoms with Gasteiger partial charge in [0.2, 0.25) is 0 Å². The van der Waals surface area contributed by atoms with Crippen molar-refractivity contribution in [3.63, 3.8) is 0 Å². The molecule has 4 heterocycles. The summed E-state index contributed by atoms with van der Waals surface area (Å²) in [5, 5.41) is 8.49. The van der Waals surface area contributed by atoms with Gasteiger partial charge in [0.1, 0.15) is 0 Å². The number of pyridine rings is 1. The van der Waals surface area contributed by atoms with Crippen molar-refractivity contribution >= 4 is 22.9 Å². The smallest absolute Gasteiger partial charge is 0.255 e. The molecule has 0 saturated heterocycles. The molecule has 0 aliphatic heterocycles. The molecule has 4 aromatic heterocycles. The second-order valence-electron chi connectivity index (χ2n) is 6.35. The Morgan fingerprint density at radius 2 is 2.04 bits per heavy atom. The minimum Gasteiger partial charge on any atom is -0.348 e. The van der Waals surface area contributed by atoms with Gasteiger partial charge in [-0.1, -0.05) is 0 Å². The monoisotopic (exact) mass is 365 g/mol. The van der Waals surface area contributed by atoms with Crippen molar-refractivity contribution in [1.29, 1.82) is 0 Å². The Morgan fingerprint density at radius 3 is 2.73 bits per heavy atom. The minimum absolute atomic E-state index is 0.0236.